The fraction of sp³-hybridized carbons (Fsp3) is 0.250. The highest BCUT2D eigenvalue weighted by Crippen LogP contribution is 2.32. The van der Waals surface area contributed by atoms with Crippen molar-refractivity contribution in [1.82, 2.24) is 4.90 Å². The molecule has 1 heterocycles. The van der Waals surface area contributed by atoms with E-state index < -0.39 is 0 Å². The van der Waals surface area contributed by atoms with Crippen LogP contribution >= 0.6 is 24.0 Å². The largest absolute Gasteiger partial charge is 0.497 e. The van der Waals surface area contributed by atoms with Crippen LogP contribution < -0.4 is 4.74 Å². The molecular weight excluding hydrogens is 302 g/mol. The Morgan fingerprint density at radius 3 is 2.48 bits per heavy atom. The molecule has 0 atom stereocenters. The predicted molar refractivity (Wildman–Crippen MR) is 92.3 cm³/mol. The highest BCUT2D eigenvalue weighted by Gasteiger charge is 2.33. The molecule has 0 radical (unpaired) electrons. The van der Waals surface area contributed by atoms with E-state index in [9.17, 15) is 4.79 Å². The van der Waals surface area contributed by atoms with E-state index in [1.807, 2.05) is 56.3 Å². The maximum atomic E-state index is 12.2. The Kier molecular flexibility index (Phi) is 5.20. The van der Waals surface area contributed by atoms with Crippen LogP contribution in [0.25, 0.3) is 6.08 Å². The SMILES string of the molecule is COc1ccc(/C=C/C=C2\SC(=S)N(C(C)C)C2=O)cc1. The molecule has 1 amide bonds. The maximum Gasteiger partial charge on any atom is 0.266 e. The van der Waals surface area contributed by atoms with Crippen LogP contribution in [0.1, 0.15) is 19.4 Å². The summed E-state index contributed by atoms with van der Waals surface area (Å²) in [7, 11) is 1.64. The van der Waals surface area contributed by atoms with Crippen LogP contribution in [-0.2, 0) is 4.79 Å². The molecule has 1 aromatic carbocycles. The van der Waals surface area contributed by atoms with E-state index in [4.69, 9.17) is 17.0 Å². The monoisotopic (exact) mass is 319 g/mol. The molecule has 110 valence electrons. The molecule has 0 aliphatic carbocycles. The van der Waals surface area contributed by atoms with Crippen molar-refractivity contribution in [1.29, 1.82) is 0 Å². The van der Waals surface area contributed by atoms with Gasteiger partial charge in [-0.05, 0) is 37.6 Å². The Morgan fingerprint density at radius 2 is 1.95 bits per heavy atom. The van der Waals surface area contributed by atoms with E-state index in [-0.39, 0.29) is 11.9 Å². The number of benzene rings is 1. The number of methoxy groups -OCH3 is 1. The number of thioether (sulfide) groups is 1. The Labute approximate surface area is 134 Å². The van der Waals surface area contributed by atoms with Crippen molar-refractivity contribution in [3.63, 3.8) is 0 Å². The molecule has 1 aliphatic rings. The van der Waals surface area contributed by atoms with Crippen molar-refractivity contribution in [2.45, 2.75) is 19.9 Å². The number of hydrogen-bond acceptors (Lipinski definition) is 4. The lowest BCUT2D eigenvalue weighted by Gasteiger charge is -2.18. The number of ether oxygens (including phenoxy) is 1. The molecule has 21 heavy (non-hydrogen) atoms. The van der Waals surface area contributed by atoms with Crippen LogP contribution in [0.4, 0.5) is 0 Å². The van der Waals surface area contributed by atoms with Gasteiger partial charge in [0.2, 0.25) is 0 Å². The molecule has 1 fully saturated rings. The highest BCUT2D eigenvalue weighted by molar-refractivity contribution is 8.26. The van der Waals surface area contributed by atoms with E-state index in [1.54, 1.807) is 12.0 Å². The molecule has 0 saturated carbocycles. The van der Waals surface area contributed by atoms with Crippen LogP contribution in [-0.4, -0.2) is 28.3 Å². The lowest BCUT2D eigenvalue weighted by atomic mass is 10.2. The summed E-state index contributed by atoms with van der Waals surface area (Å²) in [6.45, 7) is 3.92. The number of nitrogens with zero attached hydrogens (tertiary/aromatic N) is 1. The van der Waals surface area contributed by atoms with Crippen LogP contribution in [0.3, 0.4) is 0 Å². The summed E-state index contributed by atoms with van der Waals surface area (Å²) < 4.78 is 5.74. The number of hydrogen-bond donors (Lipinski definition) is 0. The van der Waals surface area contributed by atoms with Gasteiger partial charge in [0.1, 0.15) is 10.1 Å². The number of rotatable bonds is 4. The topological polar surface area (TPSA) is 29.5 Å². The van der Waals surface area contributed by atoms with Gasteiger partial charge >= 0.3 is 0 Å². The summed E-state index contributed by atoms with van der Waals surface area (Å²) in [6.07, 6.45) is 5.63. The second-order valence-corrected chi connectivity index (χ2v) is 6.48. The first kappa shape index (κ1) is 15.8. The number of allylic oxidation sites excluding steroid dienone is 2. The van der Waals surface area contributed by atoms with E-state index >= 15 is 0 Å². The van der Waals surface area contributed by atoms with Crippen molar-refractivity contribution < 1.29 is 9.53 Å². The van der Waals surface area contributed by atoms with Crippen molar-refractivity contribution in [2.24, 2.45) is 0 Å². The summed E-state index contributed by atoms with van der Waals surface area (Å²) in [4.78, 5) is 14.5. The van der Waals surface area contributed by atoms with Crippen molar-refractivity contribution in [3.8, 4) is 5.75 Å². The minimum absolute atomic E-state index is 0.0145. The Morgan fingerprint density at radius 1 is 1.29 bits per heavy atom. The molecule has 1 aliphatic heterocycles. The van der Waals surface area contributed by atoms with Gasteiger partial charge in [-0.1, -0.05) is 48.3 Å². The number of amides is 1. The Bertz CT molecular complexity index is 603. The first-order valence-electron chi connectivity index (χ1n) is 6.60. The zero-order valence-corrected chi connectivity index (χ0v) is 13.8. The van der Waals surface area contributed by atoms with E-state index in [1.165, 1.54) is 11.8 Å². The summed E-state index contributed by atoms with van der Waals surface area (Å²) >= 11 is 6.58. The first-order chi connectivity index (χ1) is 10.0. The van der Waals surface area contributed by atoms with Gasteiger partial charge in [-0.15, -0.1) is 0 Å². The van der Waals surface area contributed by atoms with E-state index in [0.29, 0.717) is 9.23 Å². The van der Waals surface area contributed by atoms with Crippen LogP contribution in [0.2, 0.25) is 0 Å². The van der Waals surface area contributed by atoms with Gasteiger partial charge in [-0.3, -0.25) is 9.69 Å². The Balaban J connectivity index is 2.08. The normalized spacial score (nSPS) is 17.5. The molecule has 0 bridgehead atoms. The quantitative estimate of drug-likeness (QED) is 0.622. The van der Waals surface area contributed by atoms with Crippen LogP contribution in [0.5, 0.6) is 5.75 Å². The summed E-state index contributed by atoms with van der Waals surface area (Å²) in [5.74, 6) is 0.810. The smallest absolute Gasteiger partial charge is 0.266 e. The lowest BCUT2D eigenvalue weighted by Crippen LogP contribution is -2.34. The minimum atomic E-state index is -0.0145. The molecular formula is C16H17NO2S2. The van der Waals surface area contributed by atoms with Crippen molar-refractivity contribution in [3.05, 3.63) is 46.9 Å². The number of thiocarbonyl (C=S) groups is 1. The average molecular weight is 319 g/mol. The minimum Gasteiger partial charge on any atom is -0.497 e. The molecule has 1 saturated heterocycles. The van der Waals surface area contributed by atoms with Gasteiger partial charge in [0, 0.05) is 6.04 Å². The van der Waals surface area contributed by atoms with E-state index in [0.717, 1.165) is 11.3 Å². The van der Waals surface area contributed by atoms with Gasteiger partial charge < -0.3 is 4.74 Å². The molecule has 2 rings (SSSR count). The third kappa shape index (κ3) is 3.74. The number of carbonyl (C=O) groups is 1. The standard InChI is InChI=1S/C16H17NO2S2/c1-11(2)17-15(18)14(21-16(17)20)6-4-5-12-7-9-13(19-3)10-8-12/h4-11H,1-3H3/b5-4+,14-6-. The predicted octanol–water partition coefficient (Wildman–Crippen LogP) is 3.86. The third-order valence-electron chi connectivity index (χ3n) is 2.99. The first-order valence-corrected chi connectivity index (χ1v) is 7.83. The van der Waals surface area contributed by atoms with Crippen molar-refractivity contribution in [2.75, 3.05) is 7.11 Å². The van der Waals surface area contributed by atoms with Gasteiger partial charge in [0.15, 0.2) is 0 Å². The molecule has 0 aromatic heterocycles. The Hall–Kier alpha value is -1.59. The van der Waals surface area contributed by atoms with Gasteiger partial charge in [0.05, 0.1) is 12.0 Å². The average Bonchev–Trinajstić information content (AvgIpc) is 2.74. The zero-order valence-electron chi connectivity index (χ0n) is 12.2. The summed E-state index contributed by atoms with van der Waals surface area (Å²) in [5.41, 5.74) is 1.05. The van der Waals surface area contributed by atoms with E-state index in [2.05, 4.69) is 0 Å². The van der Waals surface area contributed by atoms with Gasteiger partial charge in [-0.25, -0.2) is 0 Å². The summed E-state index contributed by atoms with van der Waals surface area (Å²) in [6, 6.07) is 7.81. The second kappa shape index (κ2) is 6.91. The fourth-order valence-electron chi connectivity index (χ4n) is 1.90. The zero-order chi connectivity index (χ0) is 15.4. The second-order valence-electron chi connectivity index (χ2n) is 4.80. The lowest BCUT2D eigenvalue weighted by molar-refractivity contribution is -0.123. The summed E-state index contributed by atoms with van der Waals surface area (Å²) in [5, 5.41) is 0. The highest BCUT2D eigenvalue weighted by atomic mass is 32.2. The van der Waals surface area contributed by atoms with Gasteiger partial charge in [-0.2, -0.15) is 0 Å². The molecule has 1 aromatic rings. The molecule has 0 unspecified atom stereocenters. The molecule has 0 spiro atoms. The van der Waals surface area contributed by atoms with Crippen LogP contribution in [0.15, 0.2) is 41.3 Å². The van der Waals surface area contributed by atoms with Crippen molar-refractivity contribution >= 4 is 40.3 Å². The molecule has 5 heteroatoms. The third-order valence-corrected chi connectivity index (χ3v) is 4.34. The molecule has 0 N–H and O–H groups in total. The molecule has 3 nitrogen and oxygen atoms in total. The fourth-order valence-corrected chi connectivity index (χ4v) is 3.38. The maximum absolute atomic E-state index is 12.2. The van der Waals surface area contributed by atoms with Crippen LogP contribution in [0, 0.1) is 0 Å². The number of carbonyl (C=O) groups excluding carboxylic acids is 1. The van der Waals surface area contributed by atoms with Gasteiger partial charge in [0.25, 0.3) is 5.91 Å².